The van der Waals surface area contributed by atoms with Gasteiger partial charge in [0.25, 0.3) is 5.92 Å². The van der Waals surface area contributed by atoms with Crippen LogP contribution in [0.3, 0.4) is 0 Å². The second-order valence-electron chi connectivity index (χ2n) is 4.33. The summed E-state index contributed by atoms with van der Waals surface area (Å²) < 4.78 is 28.0. The summed E-state index contributed by atoms with van der Waals surface area (Å²) in [5, 5.41) is 0. The molecule has 3 nitrogen and oxygen atoms in total. The van der Waals surface area contributed by atoms with Crippen molar-refractivity contribution in [2.24, 2.45) is 5.73 Å². The van der Waals surface area contributed by atoms with Crippen molar-refractivity contribution in [3.63, 3.8) is 0 Å². The molecule has 0 aliphatic heterocycles. The lowest BCUT2D eigenvalue weighted by atomic mass is 10.1. The monoisotopic (exact) mass is 251 g/mol. The predicted octanol–water partition coefficient (Wildman–Crippen LogP) is 2.45. The third kappa shape index (κ3) is 2.73. The molecule has 0 radical (unpaired) electrons. The molecular weight excluding hydrogens is 236 g/mol. The fourth-order valence-corrected chi connectivity index (χ4v) is 1.73. The van der Waals surface area contributed by atoms with Gasteiger partial charge < -0.3 is 10.3 Å². The molecule has 1 aromatic heterocycles. The number of hydrogen-bond acceptors (Lipinski definition) is 2. The summed E-state index contributed by atoms with van der Waals surface area (Å²) in [5.74, 6) is -2.92. The molecule has 0 atom stereocenters. The molecule has 0 aliphatic rings. The standard InChI is InChI=1S/C13H15F2N3/c1-10-2-4-11(5-3-10)12-6-17-9-18(12)8-13(14,15)7-16/h2-6,9H,7-8,16H2,1H3. The minimum absolute atomic E-state index is 0.452. The van der Waals surface area contributed by atoms with Crippen molar-refractivity contribution in [1.82, 2.24) is 9.55 Å². The normalized spacial score (nSPS) is 11.8. The third-order valence-electron chi connectivity index (χ3n) is 2.76. The molecule has 96 valence electrons. The van der Waals surface area contributed by atoms with Crippen molar-refractivity contribution < 1.29 is 8.78 Å². The minimum Gasteiger partial charge on any atom is -0.325 e. The van der Waals surface area contributed by atoms with E-state index >= 15 is 0 Å². The maximum Gasteiger partial charge on any atom is 0.277 e. The SMILES string of the molecule is Cc1ccc(-c2cncn2CC(F)(F)CN)cc1. The first-order chi connectivity index (χ1) is 8.52. The van der Waals surface area contributed by atoms with Gasteiger partial charge in [-0.1, -0.05) is 29.8 Å². The zero-order valence-corrected chi connectivity index (χ0v) is 10.1. The average molecular weight is 251 g/mol. The third-order valence-corrected chi connectivity index (χ3v) is 2.76. The topological polar surface area (TPSA) is 43.8 Å². The summed E-state index contributed by atoms with van der Waals surface area (Å²) in [7, 11) is 0. The first kappa shape index (κ1) is 12.7. The van der Waals surface area contributed by atoms with Gasteiger partial charge in [-0.25, -0.2) is 13.8 Å². The molecule has 18 heavy (non-hydrogen) atoms. The quantitative estimate of drug-likeness (QED) is 0.907. The Bertz CT molecular complexity index is 517. The lowest BCUT2D eigenvalue weighted by molar-refractivity contribution is -0.00624. The van der Waals surface area contributed by atoms with Gasteiger partial charge in [-0.15, -0.1) is 0 Å². The van der Waals surface area contributed by atoms with E-state index in [0.717, 1.165) is 11.1 Å². The second-order valence-corrected chi connectivity index (χ2v) is 4.33. The molecule has 0 saturated carbocycles. The van der Waals surface area contributed by atoms with E-state index in [9.17, 15) is 8.78 Å². The van der Waals surface area contributed by atoms with Crippen molar-refractivity contribution >= 4 is 0 Å². The number of aryl methyl sites for hydroxylation is 1. The smallest absolute Gasteiger partial charge is 0.277 e. The van der Waals surface area contributed by atoms with Crippen molar-refractivity contribution in [1.29, 1.82) is 0 Å². The second kappa shape index (κ2) is 4.86. The van der Waals surface area contributed by atoms with Gasteiger partial charge in [0.1, 0.15) is 0 Å². The van der Waals surface area contributed by atoms with Crippen LogP contribution in [0.1, 0.15) is 5.56 Å². The van der Waals surface area contributed by atoms with E-state index in [4.69, 9.17) is 5.73 Å². The highest BCUT2D eigenvalue weighted by Gasteiger charge is 2.28. The fourth-order valence-electron chi connectivity index (χ4n) is 1.73. The van der Waals surface area contributed by atoms with Crippen LogP contribution in [0, 0.1) is 6.92 Å². The van der Waals surface area contributed by atoms with Crippen LogP contribution in [0.2, 0.25) is 0 Å². The van der Waals surface area contributed by atoms with Crippen LogP contribution in [0.15, 0.2) is 36.8 Å². The lowest BCUT2D eigenvalue weighted by Gasteiger charge is -2.16. The van der Waals surface area contributed by atoms with E-state index < -0.39 is 19.0 Å². The fraction of sp³-hybridized carbons (Fsp3) is 0.308. The number of halogens is 2. The van der Waals surface area contributed by atoms with E-state index in [1.807, 2.05) is 31.2 Å². The Kier molecular flexibility index (Phi) is 3.43. The van der Waals surface area contributed by atoms with E-state index in [2.05, 4.69) is 4.98 Å². The number of benzene rings is 1. The highest BCUT2D eigenvalue weighted by atomic mass is 19.3. The molecule has 2 aromatic rings. The number of nitrogens with zero attached hydrogens (tertiary/aromatic N) is 2. The molecular formula is C13H15F2N3. The van der Waals surface area contributed by atoms with Crippen LogP contribution in [0.4, 0.5) is 8.78 Å². The van der Waals surface area contributed by atoms with Gasteiger partial charge in [0.15, 0.2) is 0 Å². The maximum atomic E-state index is 13.3. The van der Waals surface area contributed by atoms with E-state index in [1.54, 1.807) is 6.20 Å². The number of imidazole rings is 1. The Morgan fingerprint density at radius 3 is 2.56 bits per heavy atom. The van der Waals surface area contributed by atoms with E-state index in [1.165, 1.54) is 10.9 Å². The molecule has 0 saturated heterocycles. The zero-order chi connectivity index (χ0) is 13.2. The molecule has 2 N–H and O–H groups in total. The van der Waals surface area contributed by atoms with Crippen LogP contribution in [0.25, 0.3) is 11.3 Å². The molecule has 5 heteroatoms. The summed E-state index contributed by atoms with van der Waals surface area (Å²) in [6.07, 6.45) is 2.98. The van der Waals surface area contributed by atoms with Gasteiger partial charge in [0.2, 0.25) is 0 Å². The number of aromatic nitrogens is 2. The molecule has 1 aromatic carbocycles. The van der Waals surface area contributed by atoms with Crippen molar-refractivity contribution in [3.05, 3.63) is 42.4 Å². The molecule has 1 heterocycles. The number of hydrogen-bond donors (Lipinski definition) is 1. The summed E-state index contributed by atoms with van der Waals surface area (Å²) in [4.78, 5) is 3.93. The number of rotatable bonds is 4. The summed E-state index contributed by atoms with van der Waals surface area (Å²) in [5.41, 5.74) is 7.71. The van der Waals surface area contributed by atoms with Crippen LogP contribution in [-0.2, 0) is 6.54 Å². The molecule has 0 amide bonds. The van der Waals surface area contributed by atoms with Gasteiger partial charge in [0, 0.05) is 0 Å². The van der Waals surface area contributed by atoms with Crippen molar-refractivity contribution in [2.75, 3.05) is 6.54 Å². The van der Waals surface area contributed by atoms with Gasteiger partial charge >= 0.3 is 0 Å². The molecule has 0 unspecified atom stereocenters. The molecule has 0 bridgehead atoms. The Labute approximate surface area is 104 Å². The van der Waals surface area contributed by atoms with Crippen molar-refractivity contribution in [2.45, 2.75) is 19.4 Å². The van der Waals surface area contributed by atoms with Gasteiger partial charge in [-0.2, -0.15) is 0 Å². The number of nitrogens with two attached hydrogens (primary N) is 1. The zero-order valence-electron chi connectivity index (χ0n) is 10.1. The first-order valence-corrected chi connectivity index (χ1v) is 5.67. The largest absolute Gasteiger partial charge is 0.325 e. The molecule has 0 aliphatic carbocycles. The molecule has 0 fully saturated rings. The van der Waals surface area contributed by atoms with Gasteiger partial charge in [-0.3, -0.25) is 0 Å². The highest BCUT2D eigenvalue weighted by Crippen LogP contribution is 2.23. The average Bonchev–Trinajstić information content (AvgIpc) is 2.77. The molecule has 2 rings (SSSR count). The van der Waals surface area contributed by atoms with Crippen LogP contribution < -0.4 is 5.73 Å². The first-order valence-electron chi connectivity index (χ1n) is 5.67. The van der Waals surface area contributed by atoms with Crippen LogP contribution >= 0.6 is 0 Å². The highest BCUT2D eigenvalue weighted by molar-refractivity contribution is 5.59. The lowest BCUT2D eigenvalue weighted by Crippen LogP contribution is -2.32. The summed E-state index contributed by atoms with van der Waals surface area (Å²) >= 11 is 0. The van der Waals surface area contributed by atoms with Crippen LogP contribution in [0.5, 0.6) is 0 Å². The minimum atomic E-state index is -2.92. The Morgan fingerprint density at radius 2 is 1.94 bits per heavy atom. The number of alkyl halides is 2. The Hall–Kier alpha value is -1.75. The van der Waals surface area contributed by atoms with Crippen LogP contribution in [-0.4, -0.2) is 22.0 Å². The maximum absolute atomic E-state index is 13.3. The van der Waals surface area contributed by atoms with E-state index in [-0.39, 0.29) is 0 Å². The van der Waals surface area contributed by atoms with Gasteiger partial charge in [0.05, 0.1) is 31.3 Å². The predicted molar refractivity (Wildman–Crippen MR) is 66.4 cm³/mol. The van der Waals surface area contributed by atoms with Crippen molar-refractivity contribution in [3.8, 4) is 11.3 Å². The summed E-state index contributed by atoms with van der Waals surface area (Å²) in [6.45, 7) is 0.856. The van der Waals surface area contributed by atoms with E-state index in [0.29, 0.717) is 5.69 Å². The summed E-state index contributed by atoms with van der Waals surface area (Å²) in [6, 6.07) is 7.66. The Balaban J connectivity index is 2.30. The molecule has 0 spiro atoms. The van der Waals surface area contributed by atoms with Gasteiger partial charge in [-0.05, 0) is 12.5 Å². The Morgan fingerprint density at radius 1 is 1.28 bits per heavy atom.